The van der Waals surface area contributed by atoms with Crippen LogP contribution in [0.1, 0.15) is 44.7 Å². The average Bonchev–Trinajstić information content (AvgIpc) is 2.49. The van der Waals surface area contributed by atoms with E-state index in [1.807, 2.05) is 18.7 Å². The van der Waals surface area contributed by atoms with Crippen molar-refractivity contribution in [2.75, 3.05) is 6.54 Å². The molecule has 1 fully saturated rings. The number of rotatable bonds is 2. The molecule has 1 N–H and O–H groups in total. The van der Waals surface area contributed by atoms with Crippen LogP contribution in [0.4, 0.5) is 5.69 Å². The zero-order valence-corrected chi connectivity index (χ0v) is 14.0. The molecule has 7 heteroatoms. The van der Waals surface area contributed by atoms with Crippen LogP contribution in [-0.2, 0) is 0 Å². The molecule has 1 aromatic carbocycles. The van der Waals surface area contributed by atoms with E-state index in [1.165, 1.54) is 12.1 Å². The van der Waals surface area contributed by atoms with Crippen LogP contribution in [0.2, 0.25) is 0 Å². The highest BCUT2D eigenvalue weighted by molar-refractivity contribution is 7.80. The Morgan fingerprint density at radius 2 is 2.17 bits per heavy atom. The molecule has 23 heavy (non-hydrogen) atoms. The highest BCUT2D eigenvalue weighted by Crippen LogP contribution is 2.45. The fraction of sp³-hybridized carbons (Fsp3) is 0.562. The zero-order valence-electron chi connectivity index (χ0n) is 13.2. The molecule has 1 aromatic rings. The molecule has 124 valence electrons. The van der Waals surface area contributed by atoms with Gasteiger partial charge in [0.05, 0.1) is 16.0 Å². The van der Waals surface area contributed by atoms with E-state index < -0.39 is 22.7 Å². The van der Waals surface area contributed by atoms with E-state index in [-0.39, 0.29) is 5.69 Å². The van der Waals surface area contributed by atoms with Gasteiger partial charge >= 0.3 is 0 Å². The highest BCUT2D eigenvalue weighted by atomic mass is 32.1. The first-order valence-electron chi connectivity index (χ1n) is 7.76. The van der Waals surface area contributed by atoms with Gasteiger partial charge in [0, 0.05) is 24.2 Å². The first-order chi connectivity index (χ1) is 10.8. The maximum Gasteiger partial charge on any atom is 0.270 e. The molecule has 2 aliphatic heterocycles. The lowest BCUT2D eigenvalue weighted by molar-refractivity contribution is -0.385. The summed E-state index contributed by atoms with van der Waals surface area (Å²) in [4.78, 5) is 13.5. The molecule has 0 aliphatic carbocycles. The standard InChI is InChI=1S/C16H20N2O4S/c1-16(2)15(19)14(17-8-4-3-5-13(17)23)11-9-10(18(20)21)6-7-12(11)22-16/h6-7,9,14-15,19H,3-5,8H2,1-2H3. The number of fused-ring (bicyclic) bond motifs is 1. The van der Waals surface area contributed by atoms with Crippen molar-refractivity contribution in [3.63, 3.8) is 0 Å². The van der Waals surface area contributed by atoms with Gasteiger partial charge in [0.2, 0.25) is 0 Å². The summed E-state index contributed by atoms with van der Waals surface area (Å²) in [6, 6.07) is 4.12. The molecule has 2 aliphatic rings. The van der Waals surface area contributed by atoms with E-state index in [4.69, 9.17) is 17.0 Å². The number of benzene rings is 1. The lowest BCUT2D eigenvalue weighted by atomic mass is 9.84. The SMILES string of the molecule is CC1(C)Oc2ccc([N+](=O)[O-])cc2C(N2CCCCC2=S)C1O. The van der Waals surface area contributed by atoms with Gasteiger partial charge in [0.15, 0.2) is 0 Å². The summed E-state index contributed by atoms with van der Waals surface area (Å²) in [5.74, 6) is 0.573. The van der Waals surface area contributed by atoms with Crippen molar-refractivity contribution in [2.24, 2.45) is 0 Å². The Hall–Kier alpha value is -1.73. The van der Waals surface area contributed by atoms with Crippen molar-refractivity contribution in [1.29, 1.82) is 0 Å². The number of thiocarbonyl (C=S) groups is 1. The molecule has 0 saturated carbocycles. The molecule has 2 atom stereocenters. The van der Waals surface area contributed by atoms with Gasteiger partial charge in [-0.3, -0.25) is 10.1 Å². The molecule has 6 nitrogen and oxygen atoms in total. The predicted octanol–water partition coefficient (Wildman–Crippen LogP) is 2.98. The smallest absolute Gasteiger partial charge is 0.270 e. The van der Waals surface area contributed by atoms with Crippen molar-refractivity contribution >= 4 is 22.9 Å². The van der Waals surface area contributed by atoms with Gasteiger partial charge < -0.3 is 14.7 Å². The lowest BCUT2D eigenvalue weighted by Gasteiger charge is -2.48. The first kappa shape index (κ1) is 16.1. The van der Waals surface area contributed by atoms with E-state index in [9.17, 15) is 15.2 Å². The molecular weight excluding hydrogens is 316 g/mol. The van der Waals surface area contributed by atoms with Crippen molar-refractivity contribution in [2.45, 2.75) is 50.9 Å². The Morgan fingerprint density at radius 1 is 1.43 bits per heavy atom. The molecule has 3 rings (SSSR count). The number of nitro groups is 1. The Kier molecular flexibility index (Phi) is 4.01. The van der Waals surface area contributed by atoms with Gasteiger partial charge in [-0.05, 0) is 39.2 Å². The van der Waals surface area contributed by atoms with Gasteiger partial charge in [-0.2, -0.15) is 0 Å². The zero-order chi connectivity index (χ0) is 16.8. The molecule has 0 radical (unpaired) electrons. The number of piperidine rings is 1. The van der Waals surface area contributed by atoms with Crippen LogP contribution < -0.4 is 4.74 Å². The molecule has 2 heterocycles. The summed E-state index contributed by atoms with van der Waals surface area (Å²) < 4.78 is 5.88. The second-order valence-electron chi connectivity index (χ2n) is 6.62. The molecule has 0 aromatic heterocycles. The Morgan fingerprint density at radius 3 is 2.83 bits per heavy atom. The van der Waals surface area contributed by atoms with Gasteiger partial charge in [-0.25, -0.2) is 0 Å². The minimum atomic E-state index is -0.826. The highest BCUT2D eigenvalue weighted by Gasteiger charge is 2.46. The topological polar surface area (TPSA) is 75.8 Å². The summed E-state index contributed by atoms with van der Waals surface area (Å²) >= 11 is 5.49. The largest absolute Gasteiger partial charge is 0.485 e. The average molecular weight is 336 g/mol. The molecular formula is C16H20N2O4S. The van der Waals surface area contributed by atoms with Gasteiger partial charge in [0.25, 0.3) is 5.69 Å². The number of nitrogens with zero attached hydrogens (tertiary/aromatic N) is 2. The Bertz CT molecular complexity index is 661. The van der Waals surface area contributed by atoms with Crippen LogP contribution >= 0.6 is 12.2 Å². The second kappa shape index (κ2) is 5.72. The maximum atomic E-state index is 11.1. The quantitative estimate of drug-likeness (QED) is 0.508. The van der Waals surface area contributed by atoms with E-state index in [0.29, 0.717) is 11.3 Å². The first-order valence-corrected chi connectivity index (χ1v) is 8.17. The van der Waals surface area contributed by atoms with Crippen LogP contribution in [0.15, 0.2) is 18.2 Å². The van der Waals surface area contributed by atoms with E-state index in [2.05, 4.69) is 0 Å². The van der Waals surface area contributed by atoms with E-state index in [0.717, 1.165) is 30.8 Å². The number of ether oxygens (including phenoxy) is 1. The summed E-state index contributed by atoms with van der Waals surface area (Å²) in [5.41, 5.74) is -0.164. The van der Waals surface area contributed by atoms with Gasteiger partial charge in [-0.1, -0.05) is 12.2 Å². The third-order valence-corrected chi connectivity index (χ3v) is 5.04. The fourth-order valence-electron chi connectivity index (χ4n) is 3.33. The van der Waals surface area contributed by atoms with Crippen molar-refractivity contribution < 1.29 is 14.8 Å². The van der Waals surface area contributed by atoms with Crippen molar-refractivity contribution in [3.05, 3.63) is 33.9 Å². The lowest BCUT2D eigenvalue weighted by Crippen LogP contribution is -2.55. The number of hydrogen-bond acceptors (Lipinski definition) is 5. The van der Waals surface area contributed by atoms with Crippen LogP contribution in [0.3, 0.4) is 0 Å². The predicted molar refractivity (Wildman–Crippen MR) is 89.7 cm³/mol. The third-order valence-electron chi connectivity index (χ3n) is 4.60. The minimum absolute atomic E-state index is 0.00724. The summed E-state index contributed by atoms with van der Waals surface area (Å²) in [7, 11) is 0. The minimum Gasteiger partial charge on any atom is -0.485 e. The third kappa shape index (κ3) is 2.79. The normalized spacial score (nSPS) is 26.4. The van der Waals surface area contributed by atoms with Crippen LogP contribution in [0, 0.1) is 10.1 Å². The van der Waals surface area contributed by atoms with Crippen LogP contribution in [0.5, 0.6) is 5.75 Å². The van der Waals surface area contributed by atoms with Gasteiger partial charge in [0.1, 0.15) is 17.5 Å². The maximum absolute atomic E-state index is 11.1. The molecule has 0 bridgehead atoms. The van der Waals surface area contributed by atoms with Crippen molar-refractivity contribution in [3.8, 4) is 5.75 Å². The Balaban J connectivity index is 2.11. The number of nitro benzene ring substituents is 1. The van der Waals surface area contributed by atoms with Crippen LogP contribution in [-0.4, -0.2) is 38.2 Å². The molecule has 1 saturated heterocycles. The number of likely N-dealkylation sites (tertiary alicyclic amines) is 1. The van der Waals surface area contributed by atoms with Crippen molar-refractivity contribution in [1.82, 2.24) is 4.90 Å². The summed E-state index contributed by atoms with van der Waals surface area (Å²) in [6.45, 7) is 4.39. The number of aliphatic hydroxyl groups excluding tert-OH is 1. The second-order valence-corrected chi connectivity index (χ2v) is 7.09. The summed E-state index contributed by atoms with van der Waals surface area (Å²) in [6.07, 6.45) is 2.02. The van der Waals surface area contributed by atoms with E-state index in [1.54, 1.807) is 6.07 Å². The molecule has 0 spiro atoms. The summed E-state index contributed by atoms with van der Waals surface area (Å²) in [5, 5.41) is 22.0. The number of hydrogen-bond donors (Lipinski definition) is 1. The van der Waals surface area contributed by atoms with Crippen LogP contribution in [0.25, 0.3) is 0 Å². The van der Waals surface area contributed by atoms with E-state index >= 15 is 0 Å². The molecule has 0 amide bonds. The number of non-ortho nitro benzene ring substituents is 1. The molecule has 2 unspecified atom stereocenters. The monoisotopic (exact) mass is 336 g/mol. The Labute approximate surface area is 140 Å². The number of aliphatic hydroxyl groups is 1. The fourth-order valence-corrected chi connectivity index (χ4v) is 3.68. The van der Waals surface area contributed by atoms with Gasteiger partial charge in [-0.15, -0.1) is 0 Å².